The Morgan fingerprint density at radius 2 is 1.79 bits per heavy atom. The minimum atomic E-state index is 0.373. The molecule has 2 fully saturated rings. The van der Waals surface area contributed by atoms with Gasteiger partial charge in [-0.2, -0.15) is 0 Å². The van der Waals surface area contributed by atoms with Crippen molar-refractivity contribution in [2.24, 2.45) is 0 Å². The number of hydrogen-bond acceptors (Lipinski definition) is 2. The van der Waals surface area contributed by atoms with Crippen LogP contribution in [0, 0.1) is 0 Å². The Balaban J connectivity index is 1.80. The maximum absolute atomic E-state index is 6.27. The van der Waals surface area contributed by atoms with Crippen LogP contribution in [0.15, 0.2) is 18.2 Å². The second-order valence-corrected chi connectivity index (χ2v) is 8.16. The molecule has 134 valence electrons. The summed E-state index contributed by atoms with van der Waals surface area (Å²) >= 11 is 12.4. The van der Waals surface area contributed by atoms with E-state index in [1.165, 1.54) is 57.2 Å². The van der Waals surface area contributed by atoms with E-state index in [0.29, 0.717) is 22.1 Å². The van der Waals surface area contributed by atoms with Crippen LogP contribution in [0.5, 0.6) is 0 Å². The first-order valence-electron chi connectivity index (χ1n) is 9.56. The first kappa shape index (κ1) is 18.5. The molecule has 0 bridgehead atoms. The van der Waals surface area contributed by atoms with Crippen molar-refractivity contribution in [1.29, 1.82) is 0 Å². The number of likely N-dealkylation sites (N-methyl/N-ethyl adjacent to an activating group) is 1. The molecule has 24 heavy (non-hydrogen) atoms. The van der Waals surface area contributed by atoms with Gasteiger partial charge >= 0.3 is 0 Å². The first-order valence-corrected chi connectivity index (χ1v) is 10.3. The highest BCUT2D eigenvalue weighted by Crippen LogP contribution is 2.35. The van der Waals surface area contributed by atoms with E-state index < -0.39 is 0 Å². The zero-order chi connectivity index (χ0) is 17.1. The Morgan fingerprint density at radius 1 is 1.08 bits per heavy atom. The van der Waals surface area contributed by atoms with E-state index in [2.05, 4.69) is 29.7 Å². The van der Waals surface area contributed by atoms with Crippen LogP contribution in [0.3, 0.4) is 0 Å². The summed E-state index contributed by atoms with van der Waals surface area (Å²) < 4.78 is 0. The van der Waals surface area contributed by atoms with Gasteiger partial charge in [0.2, 0.25) is 0 Å². The average Bonchev–Trinajstić information content (AvgIpc) is 3.13. The van der Waals surface area contributed by atoms with Crippen molar-refractivity contribution in [2.45, 2.75) is 70.5 Å². The Bertz CT molecular complexity index is 542. The maximum Gasteiger partial charge on any atom is 0.0595 e. The van der Waals surface area contributed by atoms with Crippen LogP contribution in [-0.2, 0) is 0 Å². The molecule has 2 nitrogen and oxygen atoms in total. The third-order valence-corrected chi connectivity index (χ3v) is 6.76. The first-order chi connectivity index (χ1) is 11.6. The molecule has 3 rings (SSSR count). The van der Waals surface area contributed by atoms with Gasteiger partial charge in [-0.25, -0.2) is 0 Å². The highest BCUT2D eigenvalue weighted by Gasteiger charge is 2.36. The fourth-order valence-electron chi connectivity index (χ4n) is 4.74. The van der Waals surface area contributed by atoms with Crippen LogP contribution in [0.1, 0.15) is 64.0 Å². The third kappa shape index (κ3) is 3.93. The highest BCUT2D eigenvalue weighted by atomic mass is 35.5. The fraction of sp³-hybridized carbons (Fsp3) is 0.700. The van der Waals surface area contributed by atoms with E-state index >= 15 is 0 Å². The molecule has 0 N–H and O–H groups in total. The lowest BCUT2D eigenvalue weighted by molar-refractivity contribution is 0.0399. The van der Waals surface area contributed by atoms with Crippen LogP contribution in [0.2, 0.25) is 10.0 Å². The van der Waals surface area contributed by atoms with Crippen LogP contribution >= 0.6 is 23.2 Å². The Morgan fingerprint density at radius 3 is 2.46 bits per heavy atom. The largest absolute Gasteiger partial charge is 0.299 e. The lowest BCUT2D eigenvalue weighted by atomic mass is 9.86. The quantitative estimate of drug-likeness (QED) is 0.649. The van der Waals surface area contributed by atoms with Crippen LogP contribution in [0.25, 0.3) is 0 Å². The van der Waals surface area contributed by atoms with Crippen molar-refractivity contribution < 1.29 is 0 Å². The zero-order valence-corrected chi connectivity index (χ0v) is 16.5. The number of halogens is 2. The summed E-state index contributed by atoms with van der Waals surface area (Å²) in [5.41, 5.74) is 1.27. The molecule has 3 atom stereocenters. The molecule has 0 spiro atoms. The summed E-state index contributed by atoms with van der Waals surface area (Å²) in [5, 5.41) is 1.31. The smallest absolute Gasteiger partial charge is 0.0595 e. The van der Waals surface area contributed by atoms with E-state index in [1.807, 2.05) is 12.1 Å². The predicted molar refractivity (Wildman–Crippen MR) is 104 cm³/mol. The molecule has 0 amide bonds. The molecule has 1 saturated heterocycles. The molecule has 1 aliphatic carbocycles. The van der Waals surface area contributed by atoms with Crippen molar-refractivity contribution in [1.82, 2.24) is 9.80 Å². The Kier molecular flexibility index (Phi) is 6.48. The molecule has 3 unspecified atom stereocenters. The van der Waals surface area contributed by atoms with Gasteiger partial charge in [0.1, 0.15) is 0 Å². The van der Waals surface area contributed by atoms with Gasteiger partial charge in [0, 0.05) is 18.1 Å². The molecule has 1 saturated carbocycles. The molecule has 1 aromatic carbocycles. The van der Waals surface area contributed by atoms with Gasteiger partial charge in [-0.3, -0.25) is 9.80 Å². The fourth-order valence-corrected chi connectivity index (χ4v) is 5.04. The Labute approximate surface area is 157 Å². The molecule has 1 aliphatic heterocycles. The SMILES string of the molecule is CCN(C(C)c1ccc(Cl)c(Cl)c1)C1CCCCC1N1CCCC1. The standard InChI is InChI=1S/C20H30Cl2N2/c1-3-24(15(2)16-10-11-17(21)18(22)14-16)20-9-5-4-8-19(20)23-12-6-7-13-23/h10-11,14-15,19-20H,3-9,12-13H2,1-2H3. The number of nitrogens with zero attached hydrogens (tertiary/aromatic N) is 2. The summed E-state index contributed by atoms with van der Waals surface area (Å²) in [6.07, 6.45) is 8.17. The van der Waals surface area contributed by atoms with Gasteiger partial charge in [-0.1, -0.05) is 49.0 Å². The minimum absolute atomic E-state index is 0.373. The number of hydrogen-bond donors (Lipinski definition) is 0. The normalized spacial score (nSPS) is 26.9. The van der Waals surface area contributed by atoms with Crippen LogP contribution in [-0.4, -0.2) is 41.5 Å². The topological polar surface area (TPSA) is 6.48 Å². The van der Waals surface area contributed by atoms with Crippen molar-refractivity contribution in [2.75, 3.05) is 19.6 Å². The summed E-state index contributed by atoms with van der Waals surface area (Å²) in [7, 11) is 0. The third-order valence-electron chi connectivity index (χ3n) is 6.02. The van der Waals surface area contributed by atoms with Gasteiger partial charge in [-0.15, -0.1) is 0 Å². The monoisotopic (exact) mass is 368 g/mol. The Hall–Kier alpha value is -0.280. The van der Waals surface area contributed by atoms with E-state index in [-0.39, 0.29) is 0 Å². The molecular formula is C20H30Cl2N2. The van der Waals surface area contributed by atoms with E-state index in [0.717, 1.165) is 12.6 Å². The zero-order valence-electron chi connectivity index (χ0n) is 15.0. The molecule has 1 aromatic rings. The van der Waals surface area contributed by atoms with Crippen LogP contribution < -0.4 is 0 Å². The second kappa shape index (κ2) is 8.40. The van der Waals surface area contributed by atoms with Gasteiger partial charge in [0.05, 0.1) is 10.0 Å². The molecule has 0 aromatic heterocycles. The van der Waals surface area contributed by atoms with E-state index in [9.17, 15) is 0 Å². The van der Waals surface area contributed by atoms with Gasteiger partial charge in [-0.05, 0) is 69.9 Å². The lowest BCUT2D eigenvalue weighted by Gasteiger charge is -2.46. The van der Waals surface area contributed by atoms with Crippen LogP contribution in [0.4, 0.5) is 0 Å². The summed E-state index contributed by atoms with van der Waals surface area (Å²) in [5.74, 6) is 0. The molecule has 2 aliphatic rings. The van der Waals surface area contributed by atoms with Gasteiger partial charge < -0.3 is 0 Å². The second-order valence-electron chi connectivity index (χ2n) is 7.34. The highest BCUT2D eigenvalue weighted by molar-refractivity contribution is 6.42. The number of rotatable bonds is 5. The number of likely N-dealkylation sites (tertiary alicyclic amines) is 1. The average molecular weight is 369 g/mol. The van der Waals surface area contributed by atoms with E-state index in [1.54, 1.807) is 0 Å². The van der Waals surface area contributed by atoms with Gasteiger partial charge in [0.25, 0.3) is 0 Å². The summed E-state index contributed by atoms with van der Waals surface area (Å²) in [6, 6.07) is 7.87. The lowest BCUT2D eigenvalue weighted by Crippen LogP contribution is -2.53. The summed E-state index contributed by atoms with van der Waals surface area (Å²) in [4.78, 5) is 5.45. The molecular weight excluding hydrogens is 339 g/mol. The van der Waals surface area contributed by atoms with Gasteiger partial charge in [0.15, 0.2) is 0 Å². The summed E-state index contributed by atoms with van der Waals surface area (Å²) in [6.45, 7) is 8.28. The van der Waals surface area contributed by atoms with Crippen molar-refractivity contribution in [3.05, 3.63) is 33.8 Å². The molecule has 0 radical (unpaired) electrons. The molecule has 1 heterocycles. The predicted octanol–water partition coefficient (Wildman–Crippen LogP) is 5.78. The van der Waals surface area contributed by atoms with E-state index in [4.69, 9.17) is 23.2 Å². The molecule has 4 heteroatoms. The minimum Gasteiger partial charge on any atom is -0.299 e. The maximum atomic E-state index is 6.27. The van der Waals surface area contributed by atoms with Crippen molar-refractivity contribution >= 4 is 23.2 Å². The van der Waals surface area contributed by atoms with Crippen molar-refractivity contribution in [3.63, 3.8) is 0 Å². The van der Waals surface area contributed by atoms with Crippen molar-refractivity contribution in [3.8, 4) is 0 Å². The number of benzene rings is 1.